The van der Waals surface area contributed by atoms with E-state index < -0.39 is 29.1 Å². The first-order chi connectivity index (χ1) is 12.1. The molecular formula is C17H18K3O7PS. The van der Waals surface area contributed by atoms with Gasteiger partial charge in [0.05, 0.1) is 4.99 Å². The SMILES string of the molecule is Cc1ccccc1Oc1cccc(CCCC(P(=O)([O-])[O-])S(=O)(=O)[O-])c1.[K+].[K+].[K+]. The van der Waals surface area contributed by atoms with E-state index in [9.17, 15) is 27.3 Å². The smallest absolute Gasteiger partial charge is 0.810 e. The fourth-order valence-electron chi connectivity index (χ4n) is 2.50. The zero-order valence-electron chi connectivity index (χ0n) is 17.0. The second-order valence-electron chi connectivity index (χ2n) is 5.89. The van der Waals surface area contributed by atoms with Gasteiger partial charge in [-0.1, -0.05) is 37.9 Å². The molecule has 0 aliphatic heterocycles. The van der Waals surface area contributed by atoms with Gasteiger partial charge < -0.3 is 23.6 Å². The van der Waals surface area contributed by atoms with Gasteiger partial charge in [0, 0.05) is 0 Å². The van der Waals surface area contributed by atoms with Crippen LogP contribution in [0.2, 0.25) is 0 Å². The summed E-state index contributed by atoms with van der Waals surface area (Å²) in [5, 5.41) is 0. The van der Waals surface area contributed by atoms with Crippen LogP contribution in [0, 0.1) is 6.92 Å². The van der Waals surface area contributed by atoms with E-state index in [-0.39, 0.29) is 161 Å². The van der Waals surface area contributed by atoms with E-state index in [1.54, 1.807) is 24.3 Å². The van der Waals surface area contributed by atoms with Gasteiger partial charge in [-0.2, -0.15) is 0 Å². The molecule has 1 atom stereocenters. The van der Waals surface area contributed by atoms with Crippen LogP contribution >= 0.6 is 7.60 Å². The molecular weight excluding hydrogens is 497 g/mol. The molecule has 0 radical (unpaired) electrons. The summed E-state index contributed by atoms with van der Waals surface area (Å²) in [7, 11) is -10.7. The van der Waals surface area contributed by atoms with Gasteiger partial charge in [0.2, 0.25) is 0 Å². The molecule has 0 saturated carbocycles. The number of hydrogen-bond acceptors (Lipinski definition) is 7. The van der Waals surface area contributed by atoms with Gasteiger partial charge in [-0.15, -0.1) is 0 Å². The minimum Gasteiger partial charge on any atom is -0.810 e. The molecule has 0 aromatic heterocycles. The number of aryl methyl sites for hydroxylation is 2. The zero-order valence-corrected chi connectivity index (χ0v) is 28.1. The molecule has 0 aliphatic carbocycles. The first kappa shape index (κ1) is 34.4. The van der Waals surface area contributed by atoms with Gasteiger partial charge in [-0.3, -0.25) is 0 Å². The Hall–Kier alpha value is 3.21. The Morgan fingerprint density at radius 1 is 1.03 bits per heavy atom. The molecule has 0 spiro atoms. The third-order valence-electron chi connectivity index (χ3n) is 3.82. The Morgan fingerprint density at radius 3 is 2.21 bits per heavy atom. The van der Waals surface area contributed by atoms with E-state index in [2.05, 4.69) is 0 Å². The number of para-hydroxylation sites is 1. The largest absolute Gasteiger partial charge is 1.00 e. The Morgan fingerprint density at radius 2 is 1.66 bits per heavy atom. The van der Waals surface area contributed by atoms with Crippen LogP contribution in [0.25, 0.3) is 0 Å². The van der Waals surface area contributed by atoms with Gasteiger partial charge >= 0.3 is 154 Å². The van der Waals surface area contributed by atoms with Crippen molar-refractivity contribution >= 4 is 17.7 Å². The number of ether oxygens (including phenoxy) is 1. The van der Waals surface area contributed by atoms with E-state index in [0.717, 1.165) is 11.1 Å². The van der Waals surface area contributed by atoms with Gasteiger partial charge in [0.15, 0.2) is 0 Å². The Labute approximate surface area is 299 Å². The van der Waals surface area contributed by atoms with Crippen molar-refractivity contribution in [1.82, 2.24) is 0 Å². The predicted molar refractivity (Wildman–Crippen MR) is 91.7 cm³/mol. The fraction of sp³-hybridized carbons (Fsp3) is 0.294. The molecule has 0 fully saturated rings. The first-order valence-corrected chi connectivity index (χ1v) is 10.9. The molecule has 2 rings (SSSR count). The number of rotatable bonds is 8. The van der Waals surface area contributed by atoms with E-state index >= 15 is 0 Å². The van der Waals surface area contributed by atoms with Crippen LogP contribution in [0.15, 0.2) is 48.5 Å². The summed E-state index contributed by atoms with van der Waals surface area (Å²) in [5.74, 6) is 1.27. The van der Waals surface area contributed by atoms with Crippen LogP contribution in [-0.2, 0) is 21.1 Å². The summed E-state index contributed by atoms with van der Waals surface area (Å²) in [6.45, 7) is 1.91. The number of hydrogen-bond donors (Lipinski definition) is 0. The zero-order chi connectivity index (χ0) is 19.4. The summed E-state index contributed by atoms with van der Waals surface area (Å²) in [4.78, 5) is 19.5. The monoisotopic (exact) mass is 514 g/mol. The summed E-state index contributed by atoms with van der Waals surface area (Å²) >= 11 is 0. The molecule has 0 heterocycles. The molecule has 0 amide bonds. The average molecular weight is 515 g/mol. The molecule has 1 unspecified atom stereocenters. The van der Waals surface area contributed by atoms with Crippen LogP contribution in [-0.4, -0.2) is 18.0 Å². The van der Waals surface area contributed by atoms with Gasteiger partial charge in [-0.25, -0.2) is 8.42 Å². The van der Waals surface area contributed by atoms with Crippen molar-refractivity contribution in [3.63, 3.8) is 0 Å². The Bertz CT molecular complexity index is 919. The average Bonchev–Trinajstić information content (AvgIpc) is 2.52. The standard InChI is InChI=1S/C17H21O7PS.3K/c1-13-6-2-3-10-16(13)24-15-9-4-7-14(12-15)8-5-11-17(25(18,19)20)26(21,22)23;;;/h2-4,6-7,9-10,12,17H,5,8,11H2,1H3,(H2,18,19,20)(H,21,22,23);;;/q;3*+1/p-3. The maximum atomic E-state index is 11.0. The van der Waals surface area contributed by atoms with E-state index in [4.69, 9.17) is 4.74 Å². The van der Waals surface area contributed by atoms with E-state index in [1.807, 2.05) is 31.2 Å². The topological polar surface area (TPSA) is 130 Å². The molecule has 7 nitrogen and oxygen atoms in total. The van der Waals surface area contributed by atoms with Crippen molar-refractivity contribution in [1.29, 1.82) is 0 Å². The van der Waals surface area contributed by atoms with Gasteiger partial charge in [0.1, 0.15) is 21.6 Å². The quantitative estimate of drug-likeness (QED) is 0.194. The molecule has 12 heteroatoms. The molecule has 2 aromatic carbocycles. The Kier molecular flexibility index (Phi) is 19.0. The van der Waals surface area contributed by atoms with Crippen LogP contribution in [0.5, 0.6) is 11.5 Å². The van der Waals surface area contributed by atoms with Crippen molar-refractivity contribution in [2.45, 2.75) is 31.2 Å². The molecule has 0 aliphatic rings. The predicted octanol–water partition coefficient (Wildman–Crippen LogP) is -7.09. The van der Waals surface area contributed by atoms with Gasteiger partial charge in [-0.05, 0) is 55.5 Å². The summed E-state index contributed by atoms with van der Waals surface area (Å²) in [5.41, 5.74) is 1.73. The summed E-state index contributed by atoms with van der Waals surface area (Å²) in [6, 6.07) is 14.5. The third kappa shape index (κ3) is 12.5. The minimum atomic E-state index is -5.50. The van der Waals surface area contributed by atoms with Crippen molar-refractivity contribution in [3.05, 3.63) is 59.7 Å². The summed E-state index contributed by atoms with van der Waals surface area (Å²) in [6.07, 6.45) is -0.162. The molecule has 29 heavy (non-hydrogen) atoms. The third-order valence-corrected chi connectivity index (χ3v) is 7.24. The van der Waals surface area contributed by atoms with Crippen molar-refractivity contribution < 1.29 is 186 Å². The Balaban J connectivity index is 0. The van der Waals surface area contributed by atoms with Crippen LogP contribution in [0.4, 0.5) is 0 Å². The number of benzene rings is 2. The second-order valence-corrected chi connectivity index (χ2v) is 9.50. The van der Waals surface area contributed by atoms with E-state index in [0.29, 0.717) is 17.9 Å². The van der Waals surface area contributed by atoms with Crippen molar-refractivity contribution in [3.8, 4) is 11.5 Å². The normalized spacial score (nSPS) is 12.0. The van der Waals surface area contributed by atoms with Crippen LogP contribution in [0.3, 0.4) is 0 Å². The molecule has 0 saturated heterocycles. The van der Waals surface area contributed by atoms with Crippen molar-refractivity contribution in [2.75, 3.05) is 0 Å². The van der Waals surface area contributed by atoms with Crippen LogP contribution in [0.1, 0.15) is 24.0 Å². The molecule has 0 bridgehead atoms. The maximum absolute atomic E-state index is 11.0. The molecule has 0 N–H and O–H groups in total. The molecule has 2 aromatic rings. The second kappa shape index (κ2) is 16.0. The first-order valence-electron chi connectivity index (χ1n) is 7.86. The minimum absolute atomic E-state index is 0. The summed E-state index contributed by atoms with van der Waals surface area (Å²) < 4.78 is 49.7. The maximum Gasteiger partial charge on any atom is 1.00 e. The molecule has 142 valence electrons. The van der Waals surface area contributed by atoms with Crippen LogP contribution < -0.4 is 169 Å². The fourth-order valence-corrected chi connectivity index (χ4v) is 4.72. The van der Waals surface area contributed by atoms with E-state index in [1.165, 1.54) is 0 Å². The van der Waals surface area contributed by atoms with Gasteiger partial charge in [0.25, 0.3) is 0 Å². The van der Waals surface area contributed by atoms with Crippen molar-refractivity contribution in [2.24, 2.45) is 0 Å².